The number of carbonyl (C=O) groups is 2. The van der Waals surface area contributed by atoms with E-state index in [1.54, 1.807) is 6.92 Å². The van der Waals surface area contributed by atoms with Gasteiger partial charge in [0.15, 0.2) is 0 Å². The summed E-state index contributed by atoms with van der Waals surface area (Å²) in [5.74, 6) is -1.76. The van der Waals surface area contributed by atoms with Crippen LogP contribution in [-0.4, -0.2) is 38.3 Å². The molecule has 17 heavy (non-hydrogen) atoms. The fourth-order valence-corrected chi connectivity index (χ4v) is 1.08. The Hall–Kier alpha value is -1.89. The van der Waals surface area contributed by atoms with Crippen molar-refractivity contribution in [3.8, 4) is 0 Å². The zero-order chi connectivity index (χ0) is 13.0. The third-order valence-electron chi connectivity index (χ3n) is 2.09. The standard InChI is InChI=1S/C10H13NO6/c1-5(14-2)8-11-6(9(12)15-3)7(17-8)10(13)16-4/h5H,1-4H3. The molecule has 0 amide bonds. The molecule has 0 bridgehead atoms. The number of nitrogens with zero attached hydrogens (tertiary/aromatic N) is 1. The van der Waals surface area contributed by atoms with Gasteiger partial charge in [-0.1, -0.05) is 0 Å². The second-order valence-electron chi connectivity index (χ2n) is 3.09. The Labute approximate surface area is 97.7 Å². The maximum absolute atomic E-state index is 11.4. The topological polar surface area (TPSA) is 87.9 Å². The molecule has 1 rings (SSSR count). The summed E-state index contributed by atoms with van der Waals surface area (Å²) in [5, 5.41) is 0. The number of carbonyl (C=O) groups excluding carboxylic acids is 2. The average Bonchev–Trinajstić information content (AvgIpc) is 2.80. The van der Waals surface area contributed by atoms with E-state index in [0.717, 1.165) is 0 Å². The molecule has 0 saturated carbocycles. The highest BCUT2D eigenvalue weighted by atomic mass is 16.5. The van der Waals surface area contributed by atoms with Crippen LogP contribution in [-0.2, 0) is 14.2 Å². The Morgan fingerprint density at radius 3 is 2.24 bits per heavy atom. The highest BCUT2D eigenvalue weighted by Gasteiger charge is 2.28. The van der Waals surface area contributed by atoms with Gasteiger partial charge in [-0.25, -0.2) is 14.6 Å². The summed E-state index contributed by atoms with van der Waals surface area (Å²) in [6, 6.07) is 0. The Kier molecular flexibility index (Phi) is 4.22. The molecule has 0 fully saturated rings. The first-order chi connectivity index (χ1) is 8.04. The van der Waals surface area contributed by atoms with Gasteiger partial charge in [0.05, 0.1) is 14.2 Å². The van der Waals surface area contributed by atoms with Crippen molar-refractivity contribution in [1.29, 1.82) is 0 Å². The van der Waals surface area contributed by atoms with E-state index >= 15 is 0 Å². The monoisotopic (exact) mass is 243 g/mol. The summed E-state index contributed by atoms with van der Waals surface area (Å²) in [7, 11) is 3.80. The molecule has 1 unspecified atom stereocenters. The van der Waals surface area contributed by atoms with Crippen molar-refractivity contribution in [2.45, 2.75) is 13.0 Å². The van der Waals surface area contributed by atoms with Crippen LogP contribution in [0.25, 0.3) is 0 Å². The molecule has 0 N–H and O–H groups in total. The molecule has 0 aliphatic heterocycles. The maximum Gasteiger partial charge on any atom is 0.376 e. The number of hydrogen-bond donors (Lipinski definition) is 0. The lowest BCUT2D eigenvalue weighted by Gasteiger charge is -2.02. The van der Waals surface area contributed by atoms with Gasteiger partial charge >= 0.3 is 11.9 Å². The Morgan fingerprint density at radius 1 is 1.18 bits per heavy atom. The van der Waals surface area contributed by atoms with Crippen molar-refractivity contribution in [1.82, 2.24) is 4.98 Å². The number of methoxy groups -OCH3 is 3. The minimum atomic E-state index is -0.799. The summed E-state index contributed by atoms with van der Waals surface area (Å²) >= 11 is 0. The number of esters is 2. The largest absolute Gasteiger partial charge is 0.464 e. The number of rotatable bonds is 4. The van der Waals surface area contributed by atoms with Gasteiger partial charge in [-0.05, 0) is 6.92 Å². The van der Waals surface area contributed by atoms with Crippen LogP contribution in [0.15, 0.2) is 4.42 Å². The highest BCUT2D eigenvalue weighted by molar-refractivity contribution is 5.99. The van der Waals surface area contributed by atoms with Gasteiger partial charge < -0.3 is 18.6 Å². The van der Waals surface area contributed by atoms with Crippen molar-refractivity contribution < 1.29 is 28.2 Å². The fourth-order valence-electron chi connectivity index (χ4n) is 1.08. The molecule has 1 heterocycles. The van der Waals surface area contributed by atoms with Crippen LogP contribution < -0.4 is 0 Å². The second kappa shape index (κ2) is 5.44. The zero-order valence-electron chi connectivity index (χ0n) is 9.97. The van der Waals surface area contributed by atoms with Crippen molar-refractivity contribution in [3.05, 3.63) is 17.3 Å². The Bertz CT molecular complexity index is 391. The van der Waals surface area contributed by atoms with Crippen LogP contribution in [0.4, 0.5) is 0 Å². The summed E-state index contributed by atoms with van der Waals surface area (Å²) in [4.78, 5) is 26.6. The third-order valence-corrected chi connectivity index (χ3v) is 2.09. The van der Waals surface area contributed by atoms with E-state index < -0.39 is 18.0 Å². The van der Waals surface area contributed by atoms with Gasteiger partial charge in [-0.3, -0.25) is 0 Å². The summed E-state index contributed by atoms with van der Waals surface area (Å²) in [6.07, 6.45) is -0.489. The highest BCUT2D eigenvalue weighted by Crippen LogP contribution is 2.20. The first kappa shape index (κ1) is 13.2. The molecule has 0 saturated heterocycles. The molecule has 94 valence electrons. The molecule has 7 nitrogen and oxygen atoms in total. The van der Waals surface area contributed by atoms with E-state index in [1.165, 1.54) is 21.3 Å². The minimum Gasteiger partial charge on any atom is -0.464 e. The average molecular weight is 243 g/mol. The maximum atomic E-state index is 11.4. The number of aromatic nitrogens is 1. The summed E-state index contributed by atoms with van der Waals surface area (Å²) in [6.45, 7) is 1.66. The first-order valence-corrected chi connectivity index (χ1v) is 4.75. The molecule has 0 radical (unpaired) electrons. The molecule has 0 spiro atoms. The van der Waals surface area contributed by atoms with Crippen molar-refractivity contribution in [2.75, 3.05) is 21.3 Å². The van der Waals surface area contributed by atoms with Gasteiger partial charge in [0.25, 0.3) is 0 Å². The van der Waals surface area contributed by atoms with E-state index in [4.69, 9.17) is 9.15 Å². The lowest BCUT2D eigenvalue weighted by Crippen LogP contribution is -2.10. The van der Waals surface area contributed by atoms with Gasteiger partial charge in [0.1, 0.15) is 6.10 Å². The zero-order valence-corrected chi connectivity index (χ0v) is 9.97. The van der Waals surface area contributed by atoms with Crippen LogP contribution in [0.3, 0.4) is 0 Å². The van der Waals surface area contributed by atoms with E-state index in [2.05, 4.69) is 14.5 Å². The van der Waals surface area contributed by atoms with Crippen LogP contribution in [0.5, 0.6) is 0 Å². The van der Waals surface area contributed by atoms with Crippen molar-refractivity contribution in [3.63, 3.8) is 0 Å². The van der Waals surface area contributed by atoms with E-state index in [0.29, 0.717) is 0 Å². The molecule has 1 atom stereocenters. The molecular weight excluding hydrogens is 230 g/mol. The summed E-state index contributed by atoms with van der Waals surface area (Å²) < 4.78 is 19.1. The van der Waals surface area contributed by atoms with Crippen molar-refractivity contribution in [2.24, 2.45) is 0 Å². The predicted octanol–water partition coefficient (Wildman–Crippen LogP) is 0.955. The molecule has 0 aliphatic rings. The molecule has 0 aromatic carbocycles. The quantitative estimate of drug-likeness (QED) is 0.727. The molecule has 7 heteroatoms. The van der Waals surface area contributed by atoms with Gasteiger partial charge in [0, 0.05) is 7.11 Å². The van der Waals surface area contributed by atoms with E-state index in [9.17, 15) is 9.59 Å². The van der Waals surface area contributed by atoms with Gasteiger partial charge in [-0.2, -0.15) is 0 Å². The summed E-state index contributed by atoms with van der Waals surface area (Å²) in [5.41, 5.74) is -0.224. The molecule has 1 aromatic heterocycles. The normalized spacial score (nSPS) is 12.0. The van der Waals surface area contributed by atoms with E-state index in [-0.39, 0.29) is 17.3 Å². The van der Waals surface area contributed by atoms with Crippen LogP contribution in [0, 0.1) is 0 Å². The fraction of sp³-hybridized carbons (Fsp3) is 0.500. The Balaban J connectivity index is 3.21. The second-order valence-corrected chi connectivity index (χ2v) is 3.09. The lowest BCUT2D eigenvalue weighted by atomic mass is 10.3. The van der Waals surface area contributed by atoms with Crippen LogP contribution in [0.2, 0.25) is 0 Å². The third kappa shape index (κ3) is 2.62. The first-order valence-electron chi connectivity index (χ1n) is 4.75. The van der Waals surface area contributed by atoms with Crippen molar-refractivity contribution >= 4 is 11.9 Å². The SMILES string of the molecule is COC(=O)c1nc(C(C)OC)oc1C(=O)OC. The molecule has 1 aromatic rings. The number of hydrogen-bond acceptors (Lipinski definition) is 7. The van der Waals surface area contributed by atoms with Gasteiger partial charge in [0.2, 0.25) is 17.3 Å². The molecule has 0 aliphatic carbocycles. The Morgan fingerprint density at radius 2 is 1.76 bits per heavy atom. The number of oxazole rings is 1. The lowest BCUT2D eigenvalue weighted by molar-refractivity contribution is 0.0516. The molecular formula is C10H13NO6. The van der Waals surface area contributed by atoms with Crippen LogP contribution in [0.1, 0.15) is 40.0 Å². The predicted molar refractivity (Wildman–Crippen MR) is 54.6 cm³/mol. The van der Waals surface area contributed by atoms with E-state index in [1.807, 2.05) is 0 Å². The minimum absolute atomic E-state index is 0.105. The van der Waals surface area contributed by atoms with Crippen LogP contribution >= 0.6 is 0 Å². The smallest absolute Gasteiger partial charge is 0.376 e. The van der Waals surface area contributed by atoms with Gasteiger partial charge in [-0.15, -0.1) is 0 Å². The number of ether oxygens (including phenoxy) is 3.